The highest BCUT2D eigenvalue weighted by molar-refractivity contribution is 6.30. The zero-order valence-corrected chi connectivity index (χ0v) is 17.6. The summed E-state index contributed by atoms with van der Waals surface area (Å²) < 4.78 is 28.7. The third kappa shape index (κ3) is 5.22. The quantitative estimate of drug-likeness (QED) is 0.279. The van der Waals surface area contributed by atoms with Crippen LogP contribution < -0.4 is 10.7 Å². The van der Waals surface area contributed by atoms with Crippen LogP contribution in [0.25, 0.3) is 11.4 Å². The molecule has 0 unspecified atom stereocenters. The molecule has 0 fully saturated rings. The van der Waals surface area contributed by atoms with Gasteiger partial charge >= 0.3 is 0 Å². The molecule has 0 spiro atoms. The molecule has 0 aliphatic carbocycles. The minimum Gasteiger partial charge on any atom is -0.324 e. The van der Waals surface area contributed by atoms with Gasteiger partial charge in [-0.3, -0.25) is 0 Å². The number of anilines is 3. The summed E-state index contributed by atoms with van der Waals surface area (Å²) in [4.78, 5) is 12.6. The Kier molecular flexibility index (Phi) is 6.32. The van der Waals surface area contributed by atoms with E-state index in [4.69, 9.17) is 11.6 Å². The van der Waals surface area contributed by atoms with Gasteiger partial charge in [0.25, 0.3) is 0 Å². The van der Waals surface area contributed by atoms with E-state index in [0.717, 1.165) is 23.3 Å². The largest absolute Gasteiger partial charge is 0.324 e. The number of aromatic nitrogens is 3. The van der Waals surface area contributed by atoms with Crippen molar-refractivity contribution in [2.75, 3.05) is 10.7 Å². The van der Waals surface area contributed by atoms with Crippen LogP contribution in [-0.4, -0.2) is 21.2 Å². The van der Waals surface area contributed by atoms with Crippen molar-refractivity contribution in [1.29, 1.82) is 0 Å². The minimum atomic E-state index is -0.789. The van der Waals surface area contributed by atoms with Gasteiger partial charge in [-0.1, -0.05) is 47.5 Å². The molecule has 0 atom stereocenters. The van der Waals surface area contributed by atoms with Gasteiger partial charge in [-0.15, -0.1) is 0 Å². The summed E-state index contributed by atoms with van der Waals surface area (Å²) in [6, 6.07) is 18.1. The minimum absolute atomic E-state index is 0.0116. The van der Waals surface area contributed by atoms with Crippen LogP contribution in [0, 0.1) is 18.6 Å². The number of nitrogens with zero attached hydrogens (tertiary/aromatic N) is 4. The summed E-state index contributed by atoms with van der Waals surface area (Å²) in [5.41, 5.74) is 4.95. The first kappa shape index (κ1) is 21.3. The Hall–Kier alpha value is -3.91. The van der Waals surface area contributed by atoms with Crippen molar-refractivity contribution in [3.8, 4) is 11.4 Å². The van der Waals surface area contributed by atoms with Crippen LogP contribution in [0.15, 0.2) is 71.8 Å². The molecule has 4 rings (SSSR count). The average Bonchev–Trinajstić information content (AvgIpc) is 2.77. The number of aryl methyl sites for hydroxylation is 1. The van der Waals surface area contributed by atoms with Crippen LogP contribution in [0.5, 0.6) is 0 Å². The molecule has 0 saturated carbocycles. The lowest BCUT2D eigenvalue weighted by Crippen LogP contribution is -2.07. The Labute approximate surface area is 188 Å². The van der Waals surface area contributed by atoms with E-state index in [1.54, 1.807) is 30.5 Å². The molecule has 0 bridgehead atoms. The number of rotatable bonds is 6. The molecule has 1 heterocycles. The molecular formula is C23H17ClF2N6. The normalized spacial score (nSPS) is 11.0. The molecule has 2 N–H and O–H groups in total. The third-order valence-electron chi connectivity index (χ3n) is 4.38. The van der Waals surface area contributed by atoms with E-state index in [2.05, 4.69) is 30.8 Å². The Morgan fingerprint density at radius 3 is 2.19 bits per heavy atom. The van der Waals surface area contributed by atoms with Gasteiger partial charge in [-0.25, -0.2) is 14.2 Å². The van der Waals surface area contributed by atoms with Gasteiger partial charge in [0, 0.05) is 10.7 Å². The summed E-state index contributed by atoms with van der Waals surface area (Å²) in [7, 11) is 0. The second-order valence-corrected chi connectivity index (χ2v) is 7.25. The van der Waals surface area contributed by atoms with E-state index in [9.17, 15) is 8.78 Å². The lowest BCUT2D eigenvalue weighted by atomic mass is 10.2. The van der Waals surface area contributed by atoms with E-state index in [-0.39, 0.29) is 23.3 Å². The van der Waals surface area contributed by atoms with Crippen LogP contribution in [0.3, 0.4) is 0 Å². The van der Waals surface area contributed by atoms with Gasteiger partial charge in [-0.2, -0.15) is 20.1 Å². The van der Waals surface area contributed by atoms with Gasteiger partial charge < -0.3 is 5.32 Å². The van der Waals surface area contributed by atoms with Crippen molar-refractivity contribution in [3.63, 3.8) is 0 Å². The lowest BCUT2D eigenvalue weighted by Gasteiger charge is -2.10. The van der Waals surface area contributed by atoms with Crippen LogP contribution in [-0.2, 0) is 0 Å². The van der Waals surface area contributed by atoms with E-state index in [1.165, 1.54) is 6.07 Å². The Morgan fingerprint density at radius 2 is 1.50 bits per heavy atom. The summed E-state index contributed by atoms with van der Waals surface area (Å²) in [6.45, 7) is 1.99. The Balaban J connectivity index is 1.68. The number of halogens is 3. The maximum Gasteiger partial charge on any atom is 0.248 e. The first-order chi connectivity index (χ1) is 15.5. The lowest BCUT2D eigenvalue weighted by molar-refractivity contribution is 0.587. The van der Waals surface area contributed by atoms with E-state index in [0.29, 0.717) is 10.7 Å². The standard InChI is InChI=1S/C23H17ClF2N6/c1-14-5-7-15(8-6-14)13-27-32-23-30-21(20-18(25)3-2-4-19(20)26)29-22(31-23)28-17-11-9-16(24)10-12-17/h2-13H,1H3,(H2,28,29,30,31,32). The smallest absolute Gasteiger partial charge is 0.248 e. The molecule has 0 amide bonds. The Morgan fingerprint density at radius 1 is 0.844 bits per heavy atom. The molecule has 160 valence electrons. The topological polar surface area (TPSA) is 75.1 Å². The van der Waals surface area contributed by atoms with Gasteiger partial charge in [0.2, 0.25) is 11.9 Å². The third-order valence-corrected chi connectivity index (χ3v) is 4.63. The maximum absolute atomic E-state index is 14.4. The summed E-state index contributed by atoms with van der Waals surface area (Å²) >= 11 is 5.92. The zero-order chi connectivity index (χ0) is 22.5. The van der Waals surface area contributed by atoms with Crippen molar-refractivity contribution in [2.45, 2.75) is 6.92 Å². The predicted molar refractivity (Wildman–Crippen MR) is 122 cm³/mol. The number of benzene rings is 3. The number of hydrazone groups is 1. The van der Waals surface area contributed by atoms with Crippen LogP contribution in [0.1, 0.15) is 11.1 Å². The van der Waals surface area contributed by atoms with Crippen LogP contribution in [0.2, 0.25) is 5.02 Å². The molecule has 32 heavy (non-hydrogen) atoms. The molecular weight excluding hydrogens is 434 g/mol. The predicted octanol–water partition coefficient (Wildman–Crippen LogP) is 5.97. The van der Waals surface area contributed by atoms with E-state index < -0.39 is 11.6 Å². The Bertz CT molecular complexity index is 1240. The molecule has 3 aromatic carbocycles. The monoisotopic (exact) mass is 450 g/mol. The maximum atomic E-state index is 14.4. The fourth-order valence-electron chi connectivity index (χ4n) is 2.78. The molecule has 6 nitrogen and oxygen atoms in total. The molecule has 9 heteroatoms. The number of hydrogen-bond donors (Lipinski definition) is 2. The fraction of sp³-hybridized carbons (Fsp3) is 0.0435. The number of nitrogens with one attached hydrogen (secondary N) is 2. The molecule has 0 radical (unpaired) electrons. The first-order valence-corrected chi connectivity index (χ1v) is 9.94. The van der Waals surface area contributed by atoms with Crippen molar-refractivity contribution >= 4 is 35.4 Å². The highest BCUT2D eigenvalue weighted by Gasteiger charge is 2.17. The van der Waals surface area contributed by atoms with Crippen molar-refractivity contribution in [3.05, 3.63) is 94.5 Å². The van der Waals surface area contributed by atoms with Crippen molar-refractivity contribution in [2.24, 2.45) is 5.10 Å². The molecule has 1 aromatic heterocycles. The van der Waals surface area contributed by atoms with Gasteiger partial charge in [0.05, 0.1) is 11.8 Å². The summed E-state index contributed by atoms with van der Waals surface area (Å²) in [5.74, 6) is -1.67. The van der Waals surface area contributed by atoms with Gasteiger partial charge in [-0.05, 0) is 48.9 Å². The van der Waals surface area contributed by atoms with E-state index in [1.807, 2.05) is 31.2 Å². The second kappa shape index (κ2) is 9.49. The first-order valence-electron chi connectivity index (χ1n) is 9.57. The van der Waals surface area contributed by atoms with Crippen molar-refractivity contribution < 1.29 is 8.78 Å². The zero-order valence-electron chi connectivity index (χ0n) is 16.9. The average molecular weight is 451 g/mol. The molecule has 4 aromatic rings. The molecule has 0 saturated heterocycles. The van der Waals surface area contributed by atoms with Crippen LogP contribution >= 0.6 is 11.6 Å². The molecule has 0 aliphatic heterocycles. The van der Waals surface area contributed by atoms with Gasteiger partial charge in [0.15, 0.2) is 5.82 Å². The van der Waals surface area contributed by atoms with E-state index >= 15 is 0 Å². The van der Waals surface area contributed by atoms with Crippen LogP contribution in [0.4, 0.5) is 26.4 Å². The van der Waals surface area contributed by atoms with Gasteiger partial charge in [0.1, 0.15) is 11.6 Å². The SMILES string of the molecule is Cc1ccc(C=NNc2nc(Nc3ccc(Cl)cc3)nc(-c3c(F)cccc3F)n2)cc1. The fourth-order valence-corrected chi connectivity index (χ4v) is 2.91. The summed E-state index contributed by atoms with van der Waals surface area (Å²) in [5, 5.41) is 7.66. The summed E-state index contributed by atoms with van der Waals surface area (Å²) in [6.07, 6.45) is 1.58. The highest BCUT2D eigenvalue weighted by Crippen LogP contribution is 2.25. The highest BCUT2D eigenvalue weighted by atomic mass is 35.5. The molecule has 0 aliphatic rings. The van der Waals surface area contributed by atoms with Crippen molar-refractivity contribution in [1.82, 2.24) is 15.0 Å². The second-order valence-electron chi connectivity index (χ2n) is 6.82. The number of hydrogen-bond acceptors (Lipinski definition) is 6.